The van der Waals surface area contributed by atoms with E-state index in [0.29, 0.717) is 0 Å². The molecule has 0 radical (unpaired) electrons. The first-order valence-electron chi connectivity index (χ1n) is 4.18. The summed E-state index contributed by atoms with van der Waals surface area (Å²) in [5, 5.41) is 12.2. The van der Waals surface area contributed by atoms with Gasteiger partial charge in [-0.25, -0.2) is 0 Å². The molecule has 1 nitrogen and oxygen atoms in total. The highest BCUT2D eigenvalue weighted by molar-refractivity contribution is 9.10. The smallest absolute Gasteiger partial charge is 0.0999 e. The largest absolute Gasteiger partial charge is 0.384 e. The minimum absolute atomic E-state index is 0.521. The molecule has 0 aromatic carbocycles. The summed E-state index contributed by atoms with van der Waals surface area (Å²) in [6.45, 7) is 0. The van der Waals surface area contributed by atoms with Crippen molar-refractivity contribution < 1.29 is 5.11 Å². The fourth-order valence-corrected chi connectivity index (χ4v) is 3.71. The number of aliphatic hydroxyl groups is 1. The summed E-state index contributed by atoms with van der Waals surface area (Å²) in [5.41, 5.74) is -0.521. The summed E-state index contributed by atoms with van der Waals surface area (Å²) < 4.78 is 1.07. The first kappa shape index (κ1) is 8.73. The third-order valence-corrected chi connectivity index (χ3v) is 4.50. The Labute approximate surface area is 84.6 Å². The van der Waals surface area contributed by atoms with E-state index in [4.69, 9.17) is 0 Å². The highest BCUT2D eigenvalue weighted by Gasteiger charge is 2.35. The van der Waals surface area contributed by atoms with Gasteiger partial charge in [-0.15, -0.1) is 11.3 Å². The summed E-state index contributed by atoms with van der Waals surface area (Å²) in [6, 6.07) is 2.01. The second-order valence-electron chi connectivity index (χ2n) is 3.34. The number of rotatable bonds is 1. The Morgan fingerprint density at radius 2 is 2.08 bits per heavy atom. The van der Waals surface area contributed by atoms with Crippen molar-refractivity contribution in [3.63, 3.8) is 0 Å². The van der Waals surface area contributed by atoms with Crippen LogP contribution in [0.25, 0.3) is 0 Å². The zero-order chi connectivity index (χ0) is 8.60. The molecule has 1 N–H and O–H groups in total. The van der Waals surface area contributed by atoms with E-state index in [1.807, 2.05) is 11.4 Å². The lowest BCUT2D eigenvalue weighted by Gasteiger charge is -2.20. The molecule has 1 heterocycles. The van der Waals surface area contributed by atoms with Crippen LogP contribution >= 0.6 is 27.3 Å². The summed E-state index contributed by atoms with van der Waals surface area (Å²) in [4.78, 5) is 1.11. The second kappa shape index (κ2) is 3.13. The van der Waals surface area contributed by atoms with Gasteiger partial charge in [0.05, 0.1) is 10.5 Å². The van der Waals surface area contributed by atoms with Crippen molar-refractivity contribution in [2.45, 2.75) is 31.3 Å². The van der Waals surface area contributed by atoms with Crippen LogP contribution in [0, 0.1) is 0 Å². The van der Waals surface area contributed by atoms with Gasteiger partial charge in [-0.1, -0.05) is 12.8 Å². The van der Waals surface area contributed by atoms with Gasteiger partial charge in [-0.3, -0.25) is 0 Å². The maximum Gasteiger partial charge on any atom is 0.0999 e. The third-order valence-electron chi connectivity index (χ3n) is 2.47. The van der Waals surface area contributed by atoms with Gasteiger partial charge in [0.25, 0.3) is 0 Å². The molecule has 66 valence electrons. The third kappa shape index (κ3) is 1.34. The first-order valence-corrected chi connectivity index (χ1v) is 5.85. The van der Waals surface area contributed by atoms with Gasteiger partial charge in [0.2, 0.25) is 0 Å². The van der Waals surface area contributed by atoms with Gasteiger partial charge < -0.3 is 5.11 Å². The summed E-state index contributed by atoms with van der Waals surface area (Å²) >= 11 is 5.11. The van der Waals surface area contributed by atoms with Crippen LogP contribution in [-0.2, 0) is 5.60 Å². The van der Waals surface area contributed by atoms with Crippen LogP contribution in [0.3, 0.4) is 0 Å². The van der Waals surface area contributed by atoms with Crippen molar-refractivity contribution in [3.05, 3.63) is 20.8 Å². The monoisotopic (exact) mass is 246 g/mol. The molecule has 2 rings (SSSR count). The van der Waals surface area contributed by atoms with E-state index < -0.39 is 5.60 Å². The predicted molar refractivity (Wildman–Crippen MR) is 54.4 cm³/mol. The molecule has 1 aromatic rings. The summed E-state index contributed by atoms with van der Waals surface area (Å²) in [5.74, 6) is 0. The molecular formula is C9H11BrOS. The SMILES string of the molecule is OC1(c2sccc2Br)CCCC1. The average Bonchev–Trinajstić information content (AvgIpc) is 2.59. The minimum atomic E-state index is -0.521. The Morgan fingerprint density at radius 3 is 2.58 bits per heavy atom. The van der Waals surface area contributed by atoms with Crippen molar-refractivity contribution in [2.75, 3.05) is 0 Å². The Morgan fingerprint density at radius 1 is 1.42 bits per heavy atom. The maximum absolute atomic E-state index is 10.2. The molecule has 1 saturated carbocycles. The van der Waals surface area contributed by atoms with Crippen molar-refractivity contribution in [2.24, 2.45) is 0 Å². The average molecular weight is 247 g/mol. The molecule has 0 spiro atoms. The fraction of sp³-hybridized carbons (Fsp3) is 0.556. The molecule has 0 bridgehead atoms. The second-order valence-corrected chi connectivity index (χ2v) is 5.11. The van der Waals surface area contributed by atoms with Crippen LogP contribution in [0.4, 0.5) is 0 Å². The Balaban J connectivity index is 2.34. The molecule has 1 aliphatic carbocycles. The van der Waals surface area contributed by atoms with Gasteiger partial charge >= 0.3 is 0 Å². The molecule has 1 aliphatic rings. The Bertz CT molecular complexity index is 276. The summed E-state index contributed by atoms with van der Waals surface area (Å²) in [7, 11) is 0. The maximum atomic E-state index is 10.2. The van der Waals surface area contributed by atoms with Crippen LogP contribution in [0.2, 0.25) is 0 Å². The standard InChI is InChI=1S/C9H11BrOS/c10-7-3-6-12-8(7)9(11)4-1-2-5-9/h3,6,11H,1-2,4-5H2. The number of halogens is 1. The van der Waals surface area contributed by atoms with E-state index in [9.17, 15) is 5.11 Å². The van der Waals surface area contributed by atoms with Gasteiger partial charge in [0, 0.05) is 4.47 Å². The molecule has 12 heavy (non-hydrogen) atoms. The van der Waals surface area contributed by atoms with Crippen LogP contribution in [-0.4, -0.2) is 5.11 Å². The van der Waals surface area contributed by atoms with Crippen LogP contribution in [0.15, 0.2) is 15.9 Å². The lowest BCUT2D eigenvalue weighted by Crippen LogP contribution is -2.19. The van der Waals surface area contributed by atoms with Crippen LogP contribution < -0.4 is 0 Å². The van der Waals surface area contributed by atoms with Crippen molar-refractivity contribution in [3.8, 4) is 0 Å². The van der Waals surface area contributed by atoms with Crippen molar-refractivity contribution >= 4 is 27.3 Å². The molecule has 0 unspecified atom stereocenters. The zero-order valence-electron chi connectivity index (χ0n) is 6.72. The molecule has 0 atom stereocenters. The lowest BCUT2D eigenvalue weighted by molar-refractivity contribution is 0.0476. The van der Waals surface area contributed by atoms with Crippen molar-refractivity contribution in [1.82, 2.24) is 0 Å². The molecular weight excluding hydrogens is 236 g/mol. The highest BCUT2D eigenvalue weighted by Crippen LogP contribution is 2.43. The quantitative estimate of drug-likeness (QED) is 0.807. The summed E-state index contributed by atoms with van der Waals surface area (Å²) in [6.07, 6.45) is 4.15. The van der Waals surface area contributed by atoms with Gasteiger partial charge in [-0.2, -0.15) is 0 Å². The molecule has 1 fully saturated rings. The van der Waals surface area contributed by atoms with Gasteiger partial charge in [0.1, 0.15) is 0 Å². The molecule has 0 saturated heterocycles. The van der Waals surface area contributed by atoms with Crippen LogP contribution in [0.5, 0.6) is 0 Å². The fourth-order valence-electron chi connectivity index (χ4n) is 1.81. The molecule has 1 aromatic heterocycles. The van der Waals surface area contributed by atoms with E-state index in [2.05, 4.69) is 15.9 Å². The van der Waals surface area contributed by atoms with E-state index >= 15 is 0 Å². The van der Waals surface area contributed by atoms with E-state index in [-0.39, 0.29) is 0 Å². The Hall–Kier alpha value is 0.140. The van der Waals surface area contributed by atoms with Crippen molar-refractivity contribution in [1.29, 1.82) is 0 Å². The number of hydrogen-bond acceptors (Lipinski definition) is 2. The van der Waals surface area contributed by atoms with E-state index in [1.165, 1.54) is 0 Å². The minimum Gasteiger partial charge on any atom is -0.384 e. The van der Waals surface area contributed by atoms with Gasteiger partial charge in [0.15, 0.2) is 0 Å². The first-order chi connectivity index (χ1) is 5.72. The zero-order valence-corrected chi connectivity index (χ0v) is 9.12. The predicted octanol–water partition coefficient (Wildman–Crippen LogP) is 3.27. The Kier molecular flexibility index (Phi) is 2.27. The highest BCUT2D eigenvalue weighted by atomic mass is 79.9. The van der Waals surface area contributed by atoms with E-state index in [1.54, 1.807) is 11.3 Å². The molecule has 3 heteroatoms. The lowest BCUT2D eigenvalue weighted by atomic mass is 10.0. The van der Waals surface area contributed by atoms with E-state index in [0.717, 1.165) is 35.0 Å². The molecule has 0 amide bonds. The molecule has 0 aliphatic heterocycles. The normalized spacial score (nSPS) is 21.5. The van der Waals surface area contributed by atoms with Crippen LogP contribution in [0.1, 0.15) is 30.6 Å². The number of thiophene rings is 1. The topological polar surface area (TPSA) is 20.2 Å². The number of hydrogen-bond donors (Lipinski definition) is 1. The van der Waals surface area contributed by atoms with Gasteiger partial charge in [-0.05, 0) is 40.2 Å².